The lowest BCUT2D eigenvalue weighted by Gasteiger charge is -2.39. The highest BCUT2D eigenvalue weighted by molar-refractivity contribution is 5.97. The van der Waals surface area contributed by atoms with E-state index in [-0.39, 0.29) is 23.8 Å². The topological polar surface area (TPSA) is 40.6 Å². The molecule has 1 aromatic rings. The summed E-state index contributed by atoms with van der Waals surface area (Å²) in [5, 5.41) is 0. The first kappa shape index (κ1) is 15.1. The minimum Gasteiger partial charge on any atom is -0.343 e. The Hall–Kier alpha value is -1.84. The summed E-state index contributed by atoms with van der Waals surface area (Å²) >= 11 is 0. The molecule has 1 saturated heterocycles. The standard InChI is InChI=1S/C18H24N2O2/c1-13-7-8-15-5-3-4-6-17(15)20(13)18(22)16-9-11-19(12-10-16)14(2)21/h3-6,13,16H,7-12H2,1-2H3. The lowest BCUT2D eigenvalue weighted by molar-refractivity contribution is -0.133. The highest BCUT2D eigenvalue weighted by Crippen LogP contribution is 2.33. The van der Waals surface area contributed by atoms with Crippen molar-refractivity contribution in [2.24, 2.45) is 5.92 Å². The van der Waals surface area contributed by atoms with Crippen LogP contribution in [0.15, 0.2) is 24.3 Å². The van der Waals surface area contributed by atoms with Crippen molar-refractivity contribution in [1.29, 1.82) is 0 Å². The fourth-order valence-electron chi connectivity index (χ4n) is 3.66. The van der Waals surface area contributed by atoms with Crippen molar-refractivity contribution in [1.82, 2.24) is 4.90 Å². The van der Waals surface area contributed by atoms with Gasteiger partial charge in [-0.1, -0.05) is 18.2 Å². The van der Waals surface area contributed by atoms with Gasteiger partial charge in [0.15, 0.2) is 0 Å². The molecule has 1 aromatic carbocycles. The first-order chi connectivity index (χ1) is 10.6. The molecule has 2 aliphatic rings. The van der Waals surface area contributed by atoms with E-state index in [1.807, 2.05) is 21.9 Å². The average molecular weight is 300 g/mol. The van der Waals surface area contributed by atoms with E-state index in [1.165, 1.54) is 5.56 Å². The molecule has 0 N–H and O–H groups in total. The summed E-state index contributed by atoms with van der Waals surface area (Å²) in [4.78, 5) is 28.3. The van der Waals surface area contributed by atoms with Gasteiger partial charge in [0.2, 0.25) is 11.8 Å². The summed E-state index contributed by atoms with van der Waals surface area (Å²) in [7, 11) is 0. The molecule has 0 aromatic heterocycles. The number of anilines is 1. The third-order valence-electron chi connectivity index (χ3n) is 5.05. The number of likely N-dealkylation sites (tertiary alicyclic amines) is 1. The molecule has 2 heterocycles. The van der Waals surface area contributed by atoms with Crippen molar-refractivity contribution in [3.8, 4) is 0 Å². The summed E-state index contributed by atoms with van der Waals surface area (Å²) in [6, 6.07) is 8.50. The minimum absolute atomic E-state index is 0.0456. The van der Waals surface area contributed by atoms with Crippen molar-refractivity contribution >= 4 is 17.5 Å². The van der Waals surface area contributed by atoms with E-state index in [2.05, 4.69) is 19.1 Å². The lowest BCUT2D eigenvalue weighted by atomic mass is 9.91. The number of benzene rings is 1. The van der Waals surface area contributed by atoms with Crippen LogP contribution in [0.2, 0.25) is 0 Å². The quantitative estimate of drug-likeness (QED) is 0.800. The fourth-order valence-corrected chi connectivity index (χ4v) is 3.66. The number of piperidine rings is 1. The third-order valence-corrected chi connectivity index (χ3v) is 5.05. The maximum atomic E-state index is 13.0. The number of nitrogens with zero attached hydrogens (tertiary/aromatic N) is 2. The molecule has 2 aliphatic heterocycles. The lowest BCUT2D eigenvalue weighted by Crippen LogP contribution is -2.48. The molecule has 0 radical (unpaired) electrons. The van der Waals surface area contributed by atoms with E-state index < -0.39 is 0 Å². The van der Waals surface area contributed by atoms with E-state index in [0.717, 1.165) is 31.4 Å². The summed E-state index contributed by atoms with van der Waals surface area (Å²) in [5.74, 6) is 0.398. The van der Waals surface area contributed by atoms with Gasteiger partial charge in [-0.3, -0.25) is 9.59 Å². The molecular weight excluding hydrogens is 276 g/mol. The number of carbonyl (C=O) groups excluding carboxylic acids is 2. The van der Waals surface area contributed by atoms with Gasteiger partial charge in [-0.2, -0.15) is 0 Å². The number of aryl methyl sites for hydroxylation is 1. The van der Waals surface area contributed by atoms with Crippen molar-refractivity contribution in [2.75, 3.05) is 18.0 Å². The summed E-state index contributed by atoms with van der Waals surface area (Å²) in [6.07, 6.45) is 3.63. The Balaban J connectivity index is 1.76. The first-order valence-corrected chi connectivity index (χ1v) is 8.24. The molecule has 4 heteroatoms. The number of para-hydroxylation sites is 1. The molecule has 118 valence electrons. The Kier molecular flexibility index (Phi) is 4.19. The molecule has 1 unspecified atom stereocenters. The summed E-state index contributed by atoms with van der Waals surface area (Å²) in [6.45, 7) is 5.15. The fraction of sp³-hybridized carbons (Fsp3) is 0.556. The Morgan fingerprint density at radius 3 is 2.45 bits per heavy atom. The summed E-state index contributed by atoms with van der Waals surface area (Å²) < 4.78 is 0. The van der Waals surface area contributed by atoms with Crippen LogP contribution in [0.4, 0.5) is 5.69 Å². The Morgan fingerprint density at radius 1 is 1.09 bits per heavy atom. The molecule has 22 heavy (non-hydrogen) atoms. The first-order valence-electron chi connectivity index (χ1n) is 8.24. The zero-order chi connectivity index (χ0) is 15.7. The second-order valence-corrected chi connectivity index (χ2v) is 6.50. The van der Waals surface area contributed by atoms with Crippen LogP contribution in [-0.4, -0.2) is 35.8 Å². The van der Waals surface area contributed by atoms with Crippen LogP contribution in [0.3, 0.4) is 0 Å². The van der Waals surface area contributed by atoms with E-state index in [9.17, 15) is 9.59 Å². The second kappa shape index (κ2) is 6.11. The maximum Gasteiger partial charge on any atom is 0.230 e. The van der Waals surface area contributed by atoms with Crippen LogP contribution in [0.25, 0.3) is 0 Å². The molecule has 0 aliphatic carbocycles. The molecule has 4 nitrogen and oxygen atoms in total. The zero-order valence-corrected chi connectivity index (χ0v) is 13.4. The predicted octanol–water partition coefficient (Wildman–Crippen LogP) is 2.61. The van der Waals surface area contributed by atoms with Crippen molar-refractivity contribution in [3.63, 3.8) is 0 Å². The van der Waals surface area contributed by atoms with E-state index in [4.69, 9.17) is 0 Å². The highest BCUT2D eigenvalue weighted by atomic mass is 16.2. The maximum absolute atomic E-state index is 13.0. The SMILES string of the molecule is CC(=O)N1CCC(C(=O)N2c3ccccc3CCC2C)CC1. The van der Waals surface area contributed by atoms with Crippen LogP contribution < -0.4 is 4.90 Å². The van der Waals surface area contributed by atoms with Gasteiger partial charge in [0.05, 0.1) is 0 Å². The largest absolute Gasteiger partial charge is 0.343 e. The number of amides is 2. The minimum atomic E-state index is 0.0456. The number of hydrogen-bond acceptors (Lipinski definition) is 2. The Morgan fingerprint density at radius 2 is 1.77 bits per heavy atom. The average Bonchev–Trinajstić information content (AvgIpc) is 2.54. The molecule has 3 rings (SSSR count). The van der Waals surface area contributed by atoms with Crippen LogP contribution >= 0.6 is 0 Å². The van der Waals surface area contributed by atoms with Crippen molar-refractivity contribution < 1.29 is 9.59 Å². The van der Waals surface area contributed by atoms with Gasteiger partial charge in [0.1, 0.15) is 0 Å². The van der Waals surface area contributed by atoms with E-state index in [1.54, 1.807) is 6.92 Å². The molecule has 1 atom stereocenters. The van der Waals surface area contributed by atoms with E-state index >= 15 is 0 Å². The predicted molar refractivity (Wildman–Crippen MR) is 86.7 cm³/mol. The monoisotopic (exact) mass is 300 g/mol. The molecule has 1 fully saturated rings. The highest BCUT2D eigenvalue weighted by Gasteiger charge is 2.34. The van der Waals surface area contributed by atoms with Gasteiger partial charge in [0.25, 0.3) is 0 Å². The van der Waals surface area contributed by atoms with Gasteiger partial charge in [-0.15, -0.1) is 0 Å². The van der Waals surface area contributed by atoms with Gasteiger partial charge in [0, 0.05) is 37.7 Å². The van der Waals surface area contributed by atoms with Crippen LogP contribution in [0, 0.1) is 5.92 Å². The number of carbonyl (C=O) groups is 2. The number of hydrogen-bond donors (Lipinski definition) is 0. The smallest absolute Gasteiger partial charge is 0.230 e. The van der Waals surface area contributed by atoms with E-state index in [0.29, 0.717) is 13.1 Å². The van der Waals surface area contributed by atoms with Crippen molar-refractivity contribution in [3.05, 3.63) is 29.8 Å². The normalized spacial score (nSPS) is 22.4. The Labute approximate surface area is 132 Å². The molecule has 0 bridgehead atoms. The van der Waals surface area contributed by atoms with Crippen LogP contribution in [-0.2, 0) is 16.0 Å². The van der Waals surface area contributed by atoms with Gasteiger partial charge < -0.3 is 9.80 Å². The van der Waals surface area contributed by atoms with Gasteiger partial charge in [-0.25, -0.2) is 0 Å². The molecule has 2 amide bonds. The van der Waals surface area contributed by atoms with Crippen molar-refractivity contribution in [2.45, 2.75) is 45.6 Å². The third kappa shape index (κ3) is 2.74. The molecule has 0 saturated carbocycles. The van der Waals surface area contributed by atoms with Crippen LogP contribution in [0.1, 0.15) is 38.7 Å². The summed E-state index contributed by atoms with van der Waals surface area (Å²) in [5.41, 5.74) is 2.36. The molecule has 0 spiro atoms. The number of fused-ring (bicyclic) bond motifs is 1. The van der Waals surface area contributed by atoms with Crippen LogP contribution in [0.5, 0.6) is 0 Å². The second-order valence-electron chi connectivity index (χ2n) is 6.50. The number of rotatable bonds is 1. The Bertz CT molecular complexity index is 576. The van der Waals surface area contributed by atoms with Gasteiger partial charge >= 0.3 is 0 Å². The molecular formula is C18H24N2O2. The van der Waals surface area contributed by atoms with Gasteiger partial charge in [-0.05, 0) is 44.2 Å². The zero-order valence-electron chi connectivity index (χ0n) is 13.4.